The molecule has 0 aliphatic rings. The molecule has 0 bridgehead atoms. The Kier molecular flexibility index (Phi) is 5.52. The van der Waals surface area contributed by atoms with Crippen LogP contribution in [0.2, 0.25) is 5.02 Å². The van der Waals surface area contributed by atoms with Crippen molar-refractivity contribution in [2.24, 2.45) is 5.29 Å². The Labute approximate surface area is 104 Å². The standard InChI is InChI=1S/C10H12Cl2N2O2/c1-14(13-15)10(16-7-6-11)8-2-4-9(12)5-3-8/h2-5,10H,6-7H2,1H3. The van der Waals surface area contributed by atoms with E-state index < -0.39 is 6.23 Å². The van der Waals surface area contributed by atoms with Crippen molar-refractivity contribution < 1.29 is 4.74 Å². The van der Waals surface area contributed by atoms with Gasteiger partial charge in [-0.25, -0.2) is 5.01 Å². The summed E-state index contributed by atoms with van der Waals surface area (Å²) in [5, 5.41) is 4.64. The van der Waals surface area contributed by atoms with Crippen LogP contribution in [-0.2, 0) is 4.74 Å². The molecule has 6 heteroatoms. The van der Waals surface area contributed by atoms with Crippen molar-refractivity contribution in [3.05, 3.63) is 39.8 Å². The molecule has 0 radical (unpaired) electrons. The van der Waals surface area contributed by atoms with Gasteiger partial charge in [0.2, 0.25) is 0 Å². The van der Waals surface area contributed by atoms with Crippen LogP contribution in [0.4, 0.5) is 0 Å². The molecule has 1 atom stereocenters. The van der Waals surface area contributed by atoms with Gasteiger partial charge in [-0.05, 0) is 12.1 Å². The number of benzene rings is 1. The van der Waals surface area contributed by atoms with Crippen molar-refractivity contribution in [3.8, 4) is 0 Å². The minimum atomic E-state index is -0.534. The zero-order chi connectivity index (χ0) is 12.0. The fraction of sp³-hybridized carbons (Fsp3) is 0.400. The van der Waals surface area contributed by atoms with E-state index >= 15 is 0 Å². The smallest absolute Gasteiger partial charge is 0.174 e. The molecule has 1 aromatic carbocycles. The fourth-order valence-electron chi connectivity index (χ4n) is 1.25. The number of alkyl halides is 1. The van der Waals surface area contributed by atoms with E-state index in [4.69, 9.17) is 27.9 Å². The lowest BCUT2D eigenvalue weighted by molar-refractivity contribution is -0.0440. The molecule has 4 nitrogen and oxygen atoms in total. The second-order valence-electron chi connectivity index (χ2n) is 3.12. The minimum absolute atomic E-state index is 0.342. The van der Waals surface area contributed by atoms with E-state index in [1.807, 2.05) is 0 Å². The van der Waals surface area contributed by atoms with Crippen LogP contribution in [0, 0.1) is 4.91 Å². The highest BCUT2D eigenvalue weighted by Crippen LogP contribution is 2.22. The average molecular weight is 263 g/mol. The summed E-state index contributed by atoms with van der Waals surface area (Å²) in [6.07, 6.45) is -0.534. The highest BCUT2D eigenvalue weighted by Gasteiger charge is 2.17. The number of hydrogen-bond acceptors (Lipinski definition) is 3. The van der Waals surface area contributed by atoms with Gasteiger partial charge in [-0.3, -0.25) is 0 Å². The topological polar surface area (TPSA) is 41.9 Å². The van der Waals surface area contributed by atoms with Crippen molar-refractivity contribution in [3.63, 3.8) is 0 Å². The van der Waals surface area contributed by atoms with Crippen molar-refractivity contribution in [2.75, 3.05) is 19.5 Å². The summed E-state index contributed by atoms with van der Waals surface area (Å²) in [5.74, 6) is 0.358. The summed E-state index contributed by atoms with van der Waals surface area (Å²) in [6, 6.07) is 7.02. The molecular weight excluding hydrogens is 251 g/mol. The molecule has 88 valence electrons. The highest BCUT2D eigenvalue weighted by molar-refractivity contribution is 6.30. The zero-order valence-corrected chi connectivity index (χ0v) is 10.3. The van der Waals surface area contributed by atoms with E-state index in [2.05, 4.69) is 5.29 Å². The second-order valence-corrected chi connectivity index (χ2v) is 3.93. The van der Waals surface area contributed by atoms with Gasteiger partial charge in [0, 0.05) is 23.5 Å². The van der Waals surface area contributed by atoms with Crippen LogP contribution < -0.4 is 0 Å². The SMILES string of the molecule is CN(N=O)C(OCCCl)c1ccc(Cl)cc1. The predicted octanol–water partition coefficient (Wildman–Crippen LogP) is 3.21. The molecule has 0 aromatic heterocycles. The molecule has 1 unspecified atom stereocenters. The maximum absolute atomic E-state index is 10.5. The van der Waals surface area contributed by atoms with Crippen molar-refractivity contribution in [1.82, 2.24) is 5.01 Å². The van der Waals surface area contributed by atoms with Gasteiger partial charge >= 0.3 is 0 Å². The van der Waals surface area contributed by atoms with E-state index in [1.165, 1.54) is 5.01 Å². The Morgan fingerprint density at radius 3 is 2.56 bits per heavy atom. The van der Waals surface area contributed by atoms with E-state index in [0.29, 0.717) is 17.5 Å². The third-order valence-corrected chi connectivity index (χ3v) is 2.38. The van der Waals surface area contributed by atoms with Gasteiger partial charge in [-0.2, -0.15) is 0 Å². The Hall–Kier alpha value is -0.840. The minimum Gasteiger partial charge on any atom is -0.351 e. The van der Waals surface area contributed by atoms with Crippen LogP contribution in [0.5, 0.6) is 0 Å². The van der Waals surface area contributed by atoms with Gasteiger partial charge < -0.3 is 4.74 Å². The molecule has 16 heavy (non-hydrogen) atoms. The molecule has 0 N–H and O–H groups in total. The van der Waals surface area contributed by atoms with Crippen molar-refractivity contribution >= 4 is 23.2 Å². The van der Waals surface area contributed by atoms with Crippen molar-refractivity contribution in [2.45, 2.75) is 6.23 Å². The van der Waals surface area contributed by atoms with Crippen LogP contribution in [0.1, 0.15) is 11.8 Å². The van der Waals surface area contributed by atoms with Gasteiger partial charge in [0.25, 0.3) is 0 Å². The summed E-state index contributed by atoms with van der Waals surface area (Å²) in [7, 11) is 1.54. The lowest BCUT2D eigenvalue weighted by Crippen LogP contribution is -2.22. The molecule has 0 saturated heterocycles. The first-order chi connectivity index (χ1) is 7.69. The van der Waals surface area contributed by atoms with Crippen LogP contribution in [0.15, 0.2) is 29.6 Å². The van der Waals surface area contributed by atoms with Crippen LogP contribution >= 0.6 is 23.2 Å². The quantitative estimate of drug-likeness (QED) is 0.342. The van der Waals surface area contributed by atoms with Crippen molar-refractivity contribution in [1.29, 1.82) is 0 Å². The Morgan fingerprint density at radius 1 is 1.44 bits per heavy atom. The molecule has 0 fully saturated rings. The number of hydrogen-bond donors (Lipinski definition) is 0. The second kappa shape index (κ2) is 6.68. The van der Waals surface area contributed by atoms with Gasteiger partial charge in [0.15, 0.2) is 6.23 Å². The molecule has 0 saturated carbocycles. The zero-order valence-electron chi connectivity index (χ0n) is 8.77. The van der Waals surface area contributed by atoms with Gasteiger partial charge in [0.1, 0.15) is 0 Å². The maximum Gasteiger partial charge on any atom is 0.174 e. The molecule has 0 aliphatic heterocycles. The molecule has 1 aromatic rings. The maximum atomic E-state index is 10.5. The van der Waals surface area contributed by atoms with Crippen LogP contribution in [0.3, 0.4) is 0 Å². The largest absolute Gasteiger partial charge is 0.351 e. The van der Waals surface area contributed by atoms with Gasteiger partial charge in [-0.1, -0.05) is 23.7 Å². The lowest BCUT2D eigenvalue weighted by atomic mass is 10.2. The summed E-state index contributed by atoms with van der Waals surface area (Å²) in [6.45, 7) is 0.342. The highest BCUT2D eigenvalue weighted by atomic mass is 35.5. The van der Waals surface area contributed by atoms with E-state index in [9.17, 15) is 4.91 Å². The number of rotatable bonds is 6. The molecular formula is C10H12Cl2N2O2. The average Bonchev–Trinajstić information content (AvgIpc) is 2.31. The van der Waals surface area contributed by atoms with Gasteiger partial charge in [0.05, 0.1) is 11.9 Å². The van der Waals surface area contributed by atoms with E-state index in [-0.39, 0.29) is 0 Å². The summed E-state index contributed by atoms with van der Waals surface area (Å²) >= 11 is 11.3. The summed E-state index contributed by atoms with van der Waals surface area (Å²) in [5.41, 5.74) is 0.802. The van der Waals surface area contributed by atoms with E-state index in [0.717, 1.165) is 5.56 Å². The van der Waals surface area contributed by atoms with Gasteiger partial charge in [-0.15, -0.1) is 16.5 Å². The first kappa shape index (κ1) is 13.2. The predicted molar refractivity (Wildman–Crippen MR) is 64.4 cm³/mol. The summed E-state index contributed by atoms with van der Waals surface area (Å²) < 4.78 is 5.43. The monoisotopic (exact) mass is 262 g/mol. The Balaban J connectivity index is 2.82. The molecule has 0 heterocycles. The first-order valence-corrected chi connectivity index (χ1v) is 5.59. The Bertz CT molecular complexity index is 332. The lowest BCUT2D eigenvalue weighted by Gasteiger charge is -2.23. The third kappa shape index (κ3) is 3.63. The molecule has 0 aliphatic carbocycles. The Morgan fingerprint density at radius 2 is 2.06 bits per heavy atom. The summed E-state index contributed by atoms with van der Waals surface area (Å²) in [4.78, 5) is 10.5. The number of nitrogens with zero attached hydrogens (tertiary/aromatic N) is 2. The van der Waals surface area contributed by atoms with Crippen LogP contribution in [0.25, 0.3) is 0 Å². The number of nitroso groups, excluding NO2 is 1. The molecule has 1 rings (SSSR count). The molecule has 0 spiro atoms. The fourth-order valence-corrected chi connectivity index (χ4v) is 1.46. The van der Waals surface area contributed by atoms with Crippen LogP contribution in [-0.4, -0.2) is 24.5 Å². The molecule has 0 amide bonds. The first-order valence-electron chi connectivity index (χ1n) is 4.68. The van der Waals surface area contributed by atoms with E-state index in [1.54, 1.807) is 31.3 Å². The number of ether oxygens (including phenoxy) is 1. The number of halogens is 2. The normalized spacial score (nSPS) is 12.2. The third-order valence-electron chi connectivity index (χ3n) is 1.98.